The van der Waals surface area contributed by atoms with Gasteiger partial charge in [-0.3, -0.25) is 14.4 Å². The molecule has 6 heteroatoms. The van der Waals surface area contributed by atoms with Gasteiger partial charge in [-0.05, 0) is 45.0 Å². The Balaban J connectivity index is 1.61. The number of aromatic nitrogens is 2. The van der Waals surface area contributed by atoms with Crippen molar-refractivity contribution in [3.05, 3.63) is 18.0 Å². The fourth-order valence-electron chi connectivity index (χ4n) is 3.84. The highest BCUT2D eigenvalue weighted by molar-refractivity contribution is 5.92. The molecule has 6 nitrogen and oxygen atoms in total. The minimum atomic E-state index is 0.0853. The summed E-state index contributed by atoms with van der Waals surface area (Å²) >= 11 is 0. The van der Waals surface area contributed by atoms with Crippen LogP contribution in [0.4, 0.5) is 0 Å². The maximum atomic E-state index is 12.7. The number of piperidine rings is 1. The summed E-state index contributed by atoms with van der Waals surface area (Å²) in [6.45, 7) is 10.2. The molecule has 2 aliphatic rings. The fraction of sp³-hybridized carbons (Fsp3) is 0.765. The maximum absolute atomic E-state index is 12.7. The monoisotopic (exact) mass is 319 g/mol. The molecule has 0 bridgehead atoms. The number of nitrogens with zero attached hydrogens (tertiary/aromatic N) is 4. The van der Waals surface area contributed by atoms with Gasteiger partial charge in [-0.15, -0.1) is 0 Å². The van der Waals surface area contributed by atoms with Gasteiger partial charge in [0.1, 0.15) is 5.69 Å². The van der Waals surface area contributed by atoms with Crippen LogP contribution in [0.2, 0.25) is 0 Å². The Morgan fingerprint density at radius 3 is 2.91 bits per heavy atom. The Labute approximate surface area is 138 Å². The summed E-state index contributed by atoms with van der Waals surface area (Å²) < 4.78 is 1.97. The molecule has 0 spiro atoms. The molecule has 0 aromatic carbocycles. The van der Waals surface area contributed by atoms with Crippen molar-refractivity contribution in [2.24, 2.45) is 0 Å². The van der Waals surface area contributed by atoms with Crippen molar-refractivity contribution in [2.75, 3.05) is 39.3 Å². The number of carbonyl (C=O) groups is 1. The lowest BCUT2D eigenvalue weighted by Gasteiger charge is -2.26. The van der Waals surface area contributed by atoms with Gasteiger partial charge in [-0.25, -0.2) is 0 Å². The van der Waals surface area contributed by atoms with Gasteiger partial charge >= 0.3 is 0 Å². The van der Waals surface area contributed by atoms with Crippen molar-refractivity contribution >= 4 is 5.91 Å². The van der Waals surface area contributed by atoms with Crippen molar-refractivity contribution in [1.29, 1.82) is 0 Å². The summed E-state index contributed by atoms with van der Waals surface area (Å²) in [4.78, 5) is 17.1. The molecule has 1 aromatic heterocycles. The molecule has 1 aromatic rings. The molecule has 2 unspecified atom stereocenters. The van der Waals surface area contributed by atoms with Crippen LogP contribution in [0.15, 0.2) is 12.3 Å². The largest absolute Gasteiger partial charge is 0.336 e. The summed E-state index contributed by atoms with van der Waals surface area (Å²) in [5, 5.41) is 7.96. The third kappa shape index (κ3) is 3.58. The number of rotatable bonds is 5. The fourth-order valence-corrected chi connectivity index (χ4v) is 3.84. The number of hydrogen-bond acceptors (Lipinski definition) is 4. The molecule has 128 valence electrons. The van der Waals surface area contributed by atoms with Crippen LogP contribution < -0.4 is 5.32 Å². The number of likely N-dealkylation sites (tertiary alicyclic amines) is 1. The lowest BCUT2D eigenvalue weighted by Crippen LogP contribution is -2.38. The van der Waals surface area contributed by atoms with Crippen molar-refractivity contribution in [2.45, 2.75) is 45.2 Å². The molecule has 0 radical (unpaired) electrons. The second-order valence-electron chi connectivity index (χ2n) is 6.60. The van der Waals surface area contributed by atoms with E-state index in [2.05, 4.69) is 29.2 Å². The number of likely N-dealkylation sites (N-methyl/N-ethyl adjacent to an activating group) is 1. The van der Waals surface area contributed by atoms with Crippen molar-refractivity contribution in [3.63, 3.8) is 0 Å². The van der Waals surface area contributed by atoms with E-state index >= 15 is 0 Å². The van der Waals surface area contributed by atoms with Gasteiger partial charge in [0, 0.05) is 31.9 Å². The van der Waals surface area contributed by atoms with Crippen LogP contribution in [0.3, 0.4) is 0 Å². The molecular formula is C17H29N5O. The lowest BCUT2D eigenvalue weighted by molar-refractivity contribution is 0.0770. The molecular weight excluding hydrogens is 290 g/mol. The highest BCUT2D eigenvalue weighted by atomic mass is 16.2. The van der Waals surface area contributed by atoms with Gasteiger partial charge < -0.3 is 10.2 Å². The van der Waals surface area contributed by atoms with E-state index in [9.17, 15) is 4.79 Å². The van der Waals surface area contributed by atoms with Gasteiger partial charge in [0.15, 0.2) is 0 Å². The zero-order valence-electron chi connectivity index (χ0n) is 14.4. The minimum absolute atomic E-state index is 0.0853. The van der Waals surface area contributed by atoms with Crippen LogP contribution in [-0.2, 0) is 0 Å². The first kappa shape index (κ1) is 16.5. The van der Waals surface area contributed by atoms with E-state index in [1.165, 1.54) is 6.42 Å². The molecule has 2 fully saturated rings. The molecule has 23 heavy (non-hydrogen) atoms. The average Bonchev–Trinajstić information content (AvgIpc) is 3.26. The molecule has 2 aliphatic heterocycles. The van der Waals surface area contributed by atoms with Gasteiger partial charge in [0.05, 0.1) is 6.04 Å². The first-order valence-corrected chi connectivity index (χ1v) is 9.02. The zero-order valence-corrected chi connectivity index (χ0v) is 14.4. The van der Waals surface area contributed by atoms with E-state index in [0.717, 1.165) is 52.1 Å². The quantitative estimate of drug-likeness (QED) is 0.890. The molecule has 0 saturated carbocycles. The third-order valence-electron chi connectivity index (χ3n) is 5.25. The summed E-state index contributed by atoms with van der Waals surface area (Å²) in [5.41, 5.74) is 0.593. The first-order valence-electron chi connectivity index (χ1n) is 9.02. The van der Waals surface area contributed by atoms with Gasteiger partial charge in [0.25, 0.3) is 5.91 Å². The number of carbonyl (C=O) groups excluding carboxylic acids is 1. The summed E-state index contributed by atoms with van der Waals surface area (Å²) in [7, 11) is 0. The Hall–Kier alpha value is -1.40. The maximum Gasteiger partial charge on any atom is 0.274 e. The predicted octanol–water partition coefficient (Wildman–Crippen LogP) is 1.36. The topological polar surface area (TPSA) is 53.4 Å². The highest BCUT2D eigenvalue weighted by Gasteiger charge is 2.30. The Kier molecular flexibility index (Phi) is 5.33. The number of amides is 1. The Bertz CT molecular complexity index is 519. The Morgan fingerprint density at radius 1 is 1.39 bits per heavy atom. The van der Waals surface area contributed by atoms with E-state index in [0.29, 0.717) is 17.8 Å². The molecule has 3 rings (SSSR count). The average molecular weight is 319 g/mol. The van der Waals surface area contributed by atoms with Crippen LogP contribution in [0, 0.1) is 0 Å². The normalized spacial score (nSPS) is 25.3. The van der Waals surface area contributed by atoms with Gasteiger partial charge in [-0.1, -0.05) is 13.8 Å². The Morgan fingerprint density at radius 2 is 2.22 bits per heavy atom. The third-order valence-corrected chi connectivity index (χ3v) is 5.25. The molecule has 1 amide bonds. The van der Waals surface area contributed by atoms with E-state index in [1.54, 1.807) is 0 Å². The summed E-state index contributed by atoms with van der Waals surface area (Å²) in [5.74, 6) is 0.0853. The van der Waals surface area contributed by atoms with E-state index in [4.69, 9.17) is 0 Å². The molecule has 2 atom stereocenters. The van der Waals surface area contributed by atoms with Crippen LogP contribution >= 0.6 is 0 Å². The minimum Gasteiger partial charge on any atom is -0.336 e. The summed E-state index contributed by atoms with van der Waals surface area (Å²) in [6.07, 6.45) is 5.34. The van der Waals surface area contributed by atoms with Crippen LogP contribution in [0.1, 0.15) is 49.6 Å². The molecule has 0 aliphatic carbocycles. The highest BCUT2D eigenvalue weighted by Crippen LogP contribution is 2.19. The summed E-state index contributed by atoms with van der Waals surface area (Å²) in [6, 6.07) is 2.76. The first-order chi connectivity index (χ1) is 11.2. The SMILES string of the molecule is CCN(CC)C1CCN(C(=O)c2ccn(C3CCCNC3)n2)C1. The molecule has 1 N–H and O–H groups in total. The van der Waals surface area contributed by atoms with Crippen molar-refractivity contribution in [1.82, 2.24) is 24.9 Å². The van der Waals surface area contributed by atoms with Crippen LogP contribution in [0.5, 0.6) is 0 Å². The lowest BCUT2D eigenvalue weighted by atomic mass is 10.1. The van der Waals surface area contributed by atoms with Crippen LogP contribution in [-0.4, -0.2) is 70.8 Å². The second kappa shape index (κ2) is 7.45. The van der Waals surface area contributed by atoms with E-state index in [-0.39, 0.29) is 5.91 Å². The smallest absolute Gasteiger partial charge is 0.274 e. The zero-order chi connectivity index (χ0) is 16.2. The van der Waals surface area contributed by atoms with Crippen LogP contribution in [0.25, 0.3) is 0 Å². The van der Waals surface area contributed by atoms with Gasteiger partial charge in [0.2, 0.25) is 0 Å². The van der Waals surface area contributed by atoms with E-state index in [1.807, 2.05) is 21.8 Å². The molecule has 2 saturated heterocycles. The predicted molar refractivity (Wildman–Crippen MR) is 90.6 cm³/mol. The second-order valence-corrected chi connectivity index (χ2v) is 6.60. The van der Waals surface area contributed by atoms with Crippen molar-refractivity contribution in [3.8, 4) is 0 Å². The number of nitrogens with one attached hydrogen (secondary N) is 1. The van der Waals surface area contributed by atoms with Crippen molar-refractivity contribution < 1.29 is 4.79 Å². The number of hydrogen-bond donors (Lipinski definition) is 1. The van der Waals surface area contributed by atoms with E-state index < -0.39 is 0 Å². The molecule has 3 heterocycles. The van der Waals surface area contributed by atoms with Gasteiger partial charge in [-0.2, -0.15) is 5.10 Å². The standard InChI is InChI=1S/C17H29N5O/c1-3-20(4-2)15-7-10-21(13-15)17(23)16-8-11-22(19-16)14-6-5-9-18-12-14/h8,11,14-15,18H,3-7,9-10,12-13H2,1-2H3.